The molecule has 1 rings (SSSR count). The summed E-state index contributed by atoms with van der Waals surface area (Å²) in [6, 6.07) is 0. The lowest BCUT2D eigenvalue weighted by atomic mass is 9.76. The summed E-state index contributed by atoms with van der Waals surface area (Å²) in [7, 11) is 0. The van der Waals surface area contributed by atoms with E-state index in [1.54, 1.807) is 0 Å². The molecular weight excluding hydrogens is 198 g/mol. The molecule has 0 aliphatic carbocycles. The van der Waals surface area contributed by atoms with Crippen LogP contribution < -0.4 is 5.32 Å². The average molecular weight is 217 g/mol. The second-order valence-electron chi connectivity index (χ2n) is 3.92. The first-order valence-electron chi connectivity index (χ1n) is 5.34. The maximum absolute atomic E-state index is 11.2. The average Bonchev–Trinajstić information content (AvgIpc) is 2.26. The van der Waals surface area contributed by atoms with E-state index < -0.39 is 11.4 Å². The number of hydrogen-bond acceptors (Lipinski definition) is 4. The van der Waals surface area contributed by atoms with Gasteiger partial charge >= 0.3 is 5.97 Å². The summed E-state index contributed by atoms with van der Waals surface area (Å²) < 4.78 is 5.13. The molecule has 0 radical (unpaired) electrons. The second-order valence-corrected chi connectivity index (χ2v) is 3.92. The molecule has 0 aromatic rings. The Morgan fingerprint density at radius 1 is 1.33 bits per heavy atom. The maximum Gasteiger partial charge on any atom is 0.309 e. The Morgan fingerprint density at radius 3 is 2.53 bits per heavy atom. The smallest absolute Gasteiger partial charge is 0.309 e. The van der Waals surface area contributed by atoms with Crippen molar-refractivity contribution < 1.29 is 19.7 Å². The van der Waals surface area contributed by atoms with Gasteiger partial charge in [0.15, 0.2) is 0 Å². The number of aliphatic hydroxyl groups excluding tert-OH is 1. The van der Waals surface area contributed by atoms with Gasteiger partial charge in [-0.15, -0.1) is 0 Å². The Bertz CT molecular complexity index is 202. The van der Waals surface area contributed by atoms with Crippen molar-refractivity contribution in [1.82, 2.24) is 5.32 Å². The fourth-order valence-corrected chi connectivity index (χ4v) is 1.91. The standard InChI is InChI=1S/C10H19NO4/c12-6-8-15-7-3-10(9(13)14)1-4-11-5-2-10/h11-12H,1-8H2,(H,13,14). The molecule has 0 aromatic carbocycles. The number of carboxylic acid groups (broad SMARTS) is 1. The molecule has 1 aliphatic rings. The van der Waals surface area contributed by atoms with Crippen LogP contribution in [0.5, 0.6) is 0 Å². The molecule has 3 N–H and O–H groups in total. The van der Waals surface area contributed by atoms with Crippen molar-refractivity contribution in [3.8, 4) is 0 Å². The van der Waals surface area contributed by atoms with E-state index in [0.29, 0.717) is 25.9 Å². The highest BCUT2D eigenvalue weighted by Gasteiger charge is 2.39. The largest absolute Gasteiger partial charge is 0.481 e. The molecular formula is C10H19NO4. The zero-order valence-corrected chi connectivity index (χ0v) is 8.87. The molecule has 15 heavy (non-hydrogen) atoms. The predicted octanol–water partition coefficient (Wildman–Crippen LogP) is -0.160. The van der Waals surface area contributed by atoms with Crippen molar-refractivity contribution in [3.05, 3.63) is 0 Å². The van der Waals surface area contributed by atoms with E-state index in [9.17, 15) is 9.90 Å². The van der Waals surface area contributed by atoms with Gasteiger partial charge in [0, 0.05) is 6.61 Å². The minimum Gasteiger partial charge on any atom is -0.481 e. The molecule has 88 valence electrons. The summed E-state index contributed by atoms with van der Waals surface area (Å²) in [6.45, 7) is 2.20. The molecule has 0 aromatic heterocycles. The zero-order chi connectivity index (χ0) is 11.1. The minimum atomic E-state index is -0.725. The van der Waals surface area contributed by atoms with E-state index in [-0.39, 0.29) is 13.2 Å². The minimum absolute atomic E-state index is 0.0123. The maximum atomic E-state index is 11.2. The highest BCUT2D eigenvalue weighted by molar-refractivity contribution is 5.74. The van der Waals surface area contributed by atoms with E-state index in [1.807, 2.05) is 0 Å². The van der Waals surface area contributed by atoms with Gasteiger partial charge in [0.1, 0.15) is 0 Å². The number of rotatable bonds is 6. The molecule has 1 aliphatic heterocycles. The van der Waals surface area contributed by atoms with Crippen LogP contribution in [0, 0.1) is 5.41 Å². The lowest BCUT2D eigenvalue weighted by Crippen LogP contribution is -2.42. The quantitative estimate of drug-likeness (QED) is 0.539. The van der Waals surface area contributed by atoms with Gasteiger partial charge in [-0.25, -0.2) is 0 Å². The normalized spacial score (nSPS) is 20.1. The Morgan fingerprint density at radius 2 is 2.00 bits per heavy atom. The topological polar surface area (TPSA) is 78.8 Å². The molecule has 1 heterocycles. The molecule has 0 saturated carbocycles. The van der Waals surface area contributed by atoms with E-state index in [1.165, 1.54) is 0 Å². The predicted molar refractivity (Wildman–Crippen MR) is 54.7 cm³/mol. The zero-order valence-electron chi connectivity index (χ0n) is 8.87. The summed E-state index contributed by atoms with van der Waals surface area (Å²) in [5.74, 6) is -0.725. The van der Waals surface area contributed by atoms with Crippen molar-refractivity contribution in [2.24, 2.45) is 5.41 Å². The van der Waals surface area contributed by atoms with E-state index >= 15 is 0 Å². The van der Waals surface area contributed by atoms with Gasteiger partial charge in [0.25, 0.3) is 0 Å². The lowest BCUT2D eigenvalue weighted by Gasteiger charge is -2.33. The lowest BCUT2D eigenvalue weighted by molar-refractivity contribution is -0.152. The first-order valence-corrected chi connectivity index (χ1v) is 5.34. The Kier molecular flexibility index (Phi) is 5.01. The monoisotopic (exact) mass is 217 g/mol. The van der Waals surface area contributed by atoms with Gasteiger partial charge in [-0.05, 0) is 32.4 Å². The molecule has 5 heteroatoms. The number of carboxylic acids is 1. The third-order valence-corrected chi connectivity index (χ3v) is 2.97. The molecule has 5 nitrogen and oxygen atoms in total. The Hall–Kier alpha value is -0.650. The van der Waals surface area contributed by atoms with Gasteiger partial charge < -0.3 is 20.3 Å². The van der Waals surface area contributed by atoms with Crippen molar-refractivity contribution in [2.45, 2.75) is 19.3 Å². The van der Waals surface area contributed by atoms with Crippen LogP contribution >= 0.6 is 0 Å². The molecule has 0 amide bonds. The van der Waals surface area contributed by atoms with Crippen molar-refractivity contribution in [3.63, 3.8) is 0 Å². The van der Waals surface area contributed by atoms with Crippen molar-refractivity contribution >= 4 is 5.97 Å². The van der Waals surface area contributed by atoms with Crippen LogP contribution in [0.3, 0.4) is 0 Å². The van der Waals surface area contributed by atoms with Gasteiger partial charge in [0.2, 0.25) is 0 Å². The van der Waals surface area contributed by atoms with E-state index in [2.05, 4.69) is 5.32 Å². The third kappa shape index (κ3) is 3.44. The summed E-state index contributed by atoms with van der Waals surface area (Å²) in [5, 5.41) is 20.9. The second kappa shape index (κ2) is 6.05. The number of hydrogen-bond donors (Lipinski definition) is 3. The van der Waals surface area contributed by atoms with Gasteiger partial charge in [0.05, 0.1) is 18.6 Å². The van der Waals surface area contributed by atoms with Crippen LogP contribution in [-0.4, -0.2) is 49.1 Å². The summed E-state index contributed by atoms with van der Waals surface area (Å²) >= 11 is 0. The number of carbonyl (C=O) groups is 1. The fourth-order valence-electron chi connectivity index (χ4n) is 1.91. The van der Waals surface area contributed by atoms with Gasteiger partial charge in [-0.1, -0.05) is 0 Å². The van der Waals surface area contributed by atoms with Crippen LogP contribution in [0.2, 0.25) is 0 Å². The van der Waals surface area contributed by atoms with Crippen molar-refractivity contribution in [2.75, 3.05) is 32.9 Å². The molecule has 0 bridgehead atoms. The van der Waals surface area contributed by atoms with Crippen LogP contribution in [0.25, 0.3) is 0 Å². The van der Waals surface area contributed by atoms with Crippen LogP contribution in [0.1, 0.15) is 19.3 Å². The summed E-state index contributed by atoms with van der Waals surface area (Å²) in [4.78, 5) is 11.2. The first-order chi connectivity index (χ1) is 7.21. The van der Waals surface area contributed by atoms with Crippen molar-refractivity contribution in [1.29, 1.82) is 0 Å². The van der Waals surface area contributed by atoms with Crippen LogP contribution in [-0.2, 0) is 9.53 Å². The Balaban J connectivity index is 2.39. The third-order valence-electron chi connectivity index (χ3n) is 2.97. The highest BCUT2D eigenvalue weighted by atomic mass is 16.5. The summed E-state index contributed by atoms with van der Waals surface area (Å²) in [5.41, 5.74) is -0.624. The number of piperidine rings is 1. The van der Waals surface area contributed by atoms with Crippen LogP contribution in [0.15, 0.2) is 0 Å². The Labute approximate surface area is 89.4 Å². The number of aliphatic hydroxyl groups is 1. The fraction of sp³-hybridized carbons (Fsp3) is 0.900. The van der Waals surface area contributed by atoms with E-state index in [4.69, 9.17) is 9.84 Å². The SMILES string of the molecule is O=C(O)C1(CCOCCO)CCNCC1. The molecule has 0 spiro atoms. The molecule has 1 fully saturated rings. The summed E-state index contributed by atoms with van der Waals surface area (Å²) in [6.07, 6.45) is 1.85. The highest BCUT2D eigenvalue weighted by Crippen LogP contribution is 2.32. The number of nitrogens with one attached hydrogen (secondary N) is 1. The number of aliphatic carboxylic acids is 1. The molecule has 0 atom stereocenters. The molecule has 1 saturated heterocycles. The van der Waals surface area contributed by atoms with Gasteiger partial charge in [-0.3, -0.25) is 4.79 Å². The van der Waals surface area contributed by atoms with Crippen LogP contribution in [0.4, 0.5) is 0 Å². The molecule has 0 unspecified atom stereocenters. The first kappa shape index (κ1) is 12.4. The van der Waals surface area contributed by atoms with E-state index in [0.717, 1.165) is 13.1 Å². The van der Waals surface area contributed by atoms with Gasteiger partial charge in [-0.2, -0.15) is 0 Å². The number of ether oxygens (including phenoxy) is 1.